The van der Waals surface area contributed by atoms with Crippen LogP contribution in [0.15, 0.2) is 133 Å². The van der Waals surface area contributed by atoms with Gasteiger partial charge in [-0.05, 0) is 65.6 Å². The van der Waals surface area contributed by atoms with Gasteiger partial charge in [0, 0.05) is 6.92 Å². The summed E-state index contributed by atoms with van der Waals surface area (Å²) in [6, 6.07) is 39.8. The second kappa shape index (κ2) is 13.4. The molecule has 0 spiro atoms. The molecule has 2 atom stereocenters. The molecule has 5 rings (SSSR count). The van der Waals surface area contributed by atoms with E-state index in [0.29, 0.717) is 22.4 Å². The molecule has 2 unspecified atom stereocenters. The standard InChI is InChI=1S/C37H30O6/c1-25-13-15-27(16-14-25)28-17-19-31(20-18-28)36(39)42-34(29-9-5-3-6-10-29)35(30-11-7-4-8-12-30)43-37(40)32-21-23-33(24-22-32)41-26(2)38/h3-24,34-35H,1-2H3. The van der Waals surface area contributed by atoms with Crippen molar-refractivity contribution in [1.29, 1.82) is 0 Å². The van der Waals surface area contributed by atoms with Gasteiger partial charge in [-0.1, -0.05) is 103 Å². The normalized spacial score (nSPS) is 12.0. The summed E-state index contributed by atoms with van der Waals surface area (Å²) in [5, 5.41) is 0. The Labute approximate surface area is 250 Å². The lowest BCUT2D eigenvalue weighted by Crippen LogP contribution is -2.23. The third-order valence-electron chi connectivity index (χ3n) is 6.86. The van der Waals surface area contributed by atoms with Gasteiger partial charge in [-0.2, -0.15) is 0 Å². The van der Waals surface area contributed by atoms with Crippen molar-refractivity contribution in [3.8, 4) is 16.9 Å². The van der Waals surface area contributed by atoms with Crippen LogP contribution in [0.25, 0.3) is 11.1 Å². The molecule has 43 heavy (non-hydrogen) atoms. The minimum atomic E-state index is -0.958. The Hall–Kier alpha value is -5.49. The summed E-state index contributed by atoms with van der Waals surface area (Å²) in [5.41, 5.74) is 5.14. The molecule has 5 aromatic carbocycles. The maximum atomic E-state index is 13.5. The molecular weight excluding hydrogens is 540 g/mol. The van der Waals surface area contributed by atoms with E-state index in [-0.39, 0.29) is 5.56 Å². The van der Waals surface area contributed by atoms with Gasteiger partial charge in [0.25, 0.3) is 0 Å². The molecule has 0 heterocycles. The van der Waals surface area contributed by atoms with Crippen LogP contribution in [0.5, 0.6) is 5.75 Å². The van der Waals surface area contributed by atoms with E-state index in [4.69, 9.17) is 14.2 Å². The van der Waals surface area contributed by atoms with Crippen molar-refractivity contribution >= 4 is 17.9 Å². The summed E-state index contributed by atoms with van der Waals surface area (Å²) in [7, 11) is 0. The zero-order valence-electron chi connectivity index (χ0n) is 23.8. The Morgan fingerprint density at radius 1 is 0.512 bits per heavy atom. The van der Waals surface area contributed by atoms with Gasteiger partial charge in [0.15, 0.2) is 12.2 Å². The van der Waals surface area contributed by atoms with Crippen molar-refractivity contribution in [2.24, 2.45) is 0 Å². The first-order valence-corrected chi connectivity index (χ1v) is 13.8. The molecule has 0 aliphatic rings. The van der Waals surface area contributed by atoms with Crippen LogP contribution >= 0.6 is 0 Å². The topological polar surface area (TPSA) is 78.9 Å². The molecule has 214 valence electrons. The molecule has 0 saturated carbocycles. The fraction of sp³-hybridized carbons (Fsp3) is 0.108. The highest BCUT2D eigenvalue weighted by atomic mass is 16.6. The first-order valence-electron chi connectivity index (χ1n) is 13.8. The number of aryl methyl sites for hydroxylation is 1. The smallest absolute Gasteiger partial charge is 0.338 e. The molecule has 0 radical (unpaired) electrons. The van der Waals surface area contributed by atoms with Crippen LogP contribution in [0.3, 0.4) is 0 Å². The number of carbonyl (C=O) groups is 3. The summed E-state index contributed by atoms with van der Waals surface area (Å²) in [6.45, 7) is 3.34. The molecule has 0 bridgehead atoms. The molecule has 6 heteroatoms. The lowest BCUT2D eigenvalue weighted by molar-refractivity contribution is -0.131. The molecule has 0 fully saturated rings. The number of hydrogen-bond acceptors (Lipinski definition) is 6. The number of carbonyl (C=O) groups excluding carboxylic acids is 3. The second-order valence-electron chi connectivity index (χ2n) is 10.0. The maximum Gasteiger partial charge on any atom is 0.338 e. The summed E-state index contributed by atoms with van der Waals surface area (Å²) in [6.07, 6.45) is -1.91. The van der Waals surface area contributed by atoms with E-state index in [9.17, 15) is 14.4 Å². The van der Waals surface area contributed by atoms with Crippen LogP contribution in [-0.4, -0.2) is 17.9 Å². The Balaban J connectivity index is 1.44. The molecule has 0 aromatic heterocycles. The molecule has 6 nitrogen and oxygen atoms in total. The quantitative estimate of drug-likeness (QED) is 0.132. The Morgan fingerprint density at radius 3 is 1.33 bits per heavy atom. The van der Waals surface area contributed by atoms with Crippen LogP contribution in [0.4, 0.5) is 0 Å². The van der Waals surface area contributed by atoms with Gasteiger partial charge < -0.3 is 14.2 Å². The van der Waals surface area contributed by atoms with Crippen molar-refractivity contribution in [1.82, 2.24) is 0 Å². The first kappa shape index (κ1) is 29.0. The highest BCUT2D eigenvalue weighted by molar-refractivity contribution is 5.91. The summed E-state index contributed by atoms with van der Waals surface area (Å²) < 4.78 is 17.3. The largest absolute Gasteiger partial charge is 0.450 e. The van der Waals surface area contributed by atoms with Crippen LogP contribution in [-0.2, 0) is 14.3 Å². The average molecular weight is 571 g/mol. The third kappa shape index (κ3) is 7.43. The van der Waals surface area contributed by atoms with E-state index in [1.165, 1.54) is 36.8 Å². The van der Waals surface area contributed by atoms with E-state index in [1.54, 1.807) is 12.1 Å². The average Bonchev–Trinajstić information content (AvgIpc) is 3.04. The number of benzene rings is 5. The summed E-state index contributed by atoms with van der Waals surface area (Å²) >= 11 is 0. The van der Waals surface area contributed by atoms with Crippen LogP contribution in [0.2, 0.25) is 0 Å². The van der Waals surface area contributed by atoms with Crippen LogP contribution < -0.4 is 4.74 Å². The fourth-order valence-corrected chi connectivity index (χ4v) is 4.63. The summed E-state index contributed by atoms with van der Waals surface area (Å²) in [4.78, 5) is 38.2. The molecule has 0 aliphatic heterocycles. The van der Waals surface area contributed by atoms with Crippen molar-refractivity contribution in [3.05, 3.63) is 161 Å². The molecule has 0 amide bonds. The number of ether oxygens (including phenoxy) is 3. The molecular formula is C37H30O6. The SMILES string of the molecule is CC(=O)Oc1ccc(C(=O)OC(c2ccccc2)C(OC(=O)c2ccc(-c3ccc(C)cc3)cc2)c2ccccc2)cc1. The van der Waals surface area contributed by atoms with E-state index >= 15 is 0 Å². The third-order valence-corrected chi connectivity index (χ3v) is 6.86. The molecule has 0 saturated heterocycles. The Morgan fingerprint density at radius 2 is 0.907 bits per heavy atom. The van der Waals surface area contributed by atoms with Crippen molar-refractivity contribution < 1.29 is 28.6 Å². The van der Waals surface area contributed by atoms with Gasteiger partial charge in [-0.15, -0.1) is 0 Å². The number of rotatable bonds is 9. The van der Waals surface area contributed by atoms with Gasteiger partial charge in [0.1, 0.15) is 5.75 Å². The van der Waals surface area contributed by atoms with Gasteiger partial charge in [0.2, 0.25) is 0 Å². The highest BCUT2D eigenvalue weighted by Crippen LogP contribution is 2.37. The monoisotopic (exact) mass is 570 g/mol. The Kier molecular flexibility index (Phi) is 9.08. The minimum Gasteiger partial charge on any atom is -0.450 e. The number of hydrogen-bond donors (Lipinski definition) is 0. The van der Waals surface area contributed by atoms with E-state index in [2.05, 4.69) is 0 Å². The maximum absolute atomic E-state index is 13.5. The molecule has 0 aliphatic carbocycles. The zero-order valence-corrected chi connectivity index (χ0v) is 23.8. The molecule has 5 aromatic rings. The van der Waals surface area contributed by atoms with Gasteiger partial charge >= 0.3 is 17.9 Å². The lowest BCUT2D eigenvalue weighted by atomic mass is 9.97. The summed E-state index contributed by atoms with van der Waals surface area (Å²) in [5.74, 6) is -1.32. The van der Waals surface area contributed by atoms with Crippen LogP contribution in [0.1, 0.15) is 56.5 Å². The second-order valence-corrected chi connectivity index (χ2v) is 10.0. The van der Waals surface area contributed by atoms with Crippen molar-refractivity contribution in [2.75, 3.05) is 0 Å². The van der Waals surface area contributed by atoms with Crippen molar-refractivity contribution in [2.45, 2.75) is 26.1 Å². The minimum absolute atomic E-state index is 0.252. The van der Waals surface area contributed by atoms with Gasteiger partial charge in [0.05, 0.1) is 11.1 Å². The zero-order chi connectivity index (χ0) is 30.2. The predicted molar refractivity (Wildman–Crippen MR) is 164 cm³/mol. The van der Waals surface area contributed by atoms with E-state index in [1.807, 2.05) is 104 Å². The fourth-order valence-electron chi connectivity index (χ4n) is 4.63. The van der Waals surface area contributed by atoms with E-state index in [0.717, 1.165) is 11.1 Å². The lowest BCUT2D eigenvalue weighted by Gasteiger charge is -2.28. The van der Waals surface area contributed by atoms with E-state index < -0.39 is 30.1 Å². The van der Waals surface area contributed by atoms with Gasteiger partial charge in [-0.3, -0.25) is 4.79 Å². The highest BCUT2D eigenvalue weighted by Gasteiger charge is 2.32. The first-order chi connectivity index (χ1) is 20.9. The number of esters is 3. The Bertz CT molecular complexity index is 1680. The predicted octanol–water partition coefficient (Wildman–Crippen LogP) is 8.08. The van der Waals surface area contributed by atoms with Crippen LogP contribution in [0, 0.1) is 6.92 Å². The van der Waals surface area contributed by atoms with Crippen molar-refractivity contribution in [3.63, 3.8) is 0 Å². The van der Waals surface area contributed by atoms with Gasteiger partial charge in [-0.25, -0.2) is 9.59 Å². The molecule has 0 N–H and O–H groups in total.